The number of hydrogen-bond acceptors (Lipinski definition) is 5. The van der Waals surface area contributed by atoms with E-state index >= 15 is 0 Å². The molecule has 1 aromatic carbocycles. The average Bonchev–Trinajstić information content (AvgIpc) is 2.67. The number of nitrogens with zero attached hydrogens (tertiary/aromatic N) is 4. The Morgan fingerprint density at radius 1 is 1.42 bits per heavy atom. The zero-order valence-corrected chi connectivity index (χ0v) is 11.0. The van der Waals surface area contributed by atoms with Gasteiger partial charge in [-0.3, -0.25) is 10.1 Å². The molecule has 0 amide bonds. The van der Waals surface area contributed by atoms with Gasteiger partial charge in [-0.15, -0.1) is 0 Å². The van der Waals surface area contributed by atoms with Gasteiger partial charge in [-0.1, -0.05) is 6.07 Å². The minimum Gasteiger partial charge on any atom is -0.383 e. The second-order valence-electron chi connectivity index (χ2n) is 4.22. The first-order valence-corrected chi connectivity index (χ1v) is 5.84. The van der Waals surface area contributed by atoms with Crippen molar-refractivity contribution in [3.05, 3.63) is 45.5 Å². The van der Waals surface area contributed by atoms with Crippen molar-refractivity contribution < 1.29 is 4.92 Å². The van der Waals surface area contributed by atoms with Crippen molar-refractivity contribution in [2.45, 2.75) is 20.4 Å². The first-order valence-electron chi connectivity index (χ1n) is 5.84. The Labute approximate surface area is 110 Å². The lowest BCUT2D eigenvalue weighted by atomic mass is 10.1. The lowest BCUT2D eigenvalue weighted by molar-refractivity contribution is -0.384. The summed E-state index contributed by atoms with van der Waals surface area (Å²) in [6, 6.07) is 5.10. The predicted octanol–water partition coefficient (Wildman–Crippen LogP) is 1.89. The maximum Gasteiger partial charge on any atom is 0.292 e. The molecule has 0 aliphatic rings. The van der Waals surface area contributed by atoms with E-state index in [9.17, 15) is 10.1 Å². The molecule has 2 rings (SSSR count). The molecule has 0 radical (unpaired) electrons. The monoisotopic (exact) mass is 261 g/mol. The molecule has 0 spiro atoms. The van der Waals surface area contributed by atoms with Gasteiger partial charge in [0.25, 0.3) is 5.69 Å². The van der Waals surface area contributed by atoms with Gasteiger partial charge in [-0.05, 0) is 25.5 Å². The summed E-state index contributed by atoms with van der Waals surface area (Å²) >= 11 is 0. The summed E-state index contributed by atoms with van der Waals surface area (Å²) in [7, 11) is 1.66. The zero-order chi connectivity index (χ0) is 14.0. The summed E-state index contributed by atoms with van der Waals surface area (Å²) in [4.78, 5) is 14.8. The van der Waals surface area contributed by atoms with Crippen LogP contribution in [0.15, 0.2) is 18.2 Å². The van der Waals surface area contributed by atoms with E-state index in [-0.39, 0.29) is 5.69 Å². The fourth-order valence-corrected chi connectivity index (χ4v) is 1.92. The minimum absolute atomic E-state index is 0.0643. The van der Waals surface area contributed by atoms with Crippen LogP contribution in [0.3, 0.4) is 0 Å². The molecule has 19 heavy (non-hydrogen) atoms. The molecular formula is C12H15N5O2. The smallest absolute Gasteiger partial charge is 0.292 e. The third-order valence-electron chi connectivity index (χ3n) is 2.82. The van der Waals surface area contributed by atoms with E-state index in [1.807, 2.05) is 19.9 Å². The number of aryl methyl sites for hydroxylation is 2. The van der Waals surface area contributed by atoms with Crippen LogP contribution in [0.25, 0.3) is 0 Å². The molecular weight excluding hydrogens is 246 g/mol. The molecule has 7 heteroatoms. The SMILES string of the molecule is CNc1ccc(Cn2nc(C)nc2C)cc1[N+](=O)[O-]. The van der Waals surface area contributed by atoms with Crippen LogP contribution >= 0.6 is 0 Å². The van der Waals surface area contributed by atoms with Crippen molar-refractivity contribution in [3.8, 4) is 0 Å². The first-order chi connectivity index (χ1) is 9.01. The van der Waals surface area contributed by atoms with Crippen LogP contribution in [0, 0.1) is 24.0 Å². The molecule has 0 saturated carbocycles. The molecule has 0 aliphatic carbocycles. The third-order valence-corrected chi connectivity index (χ3v) is 2.82. The quantitative estimate of drug-likeness (QED) is 0.671. The second-order valence-corrected chi connectivity index (χ2v) is 4.22. The maximum atomic E-state index is 11.0. The highest BCUT2D eigenvalue weighted by Crippen LogP contribution is 2.25. The highest BCUT2D eigenvalue weighted by molar-refractivity contribution is 5.62. The van der Waals surface area contributed by atoms with E-state index < -0.39 is 4.92 Å². The van der Waals surface area contributed by atoms with Gasteiger partial charge < -0.3 is 5.32 Å². The Bertz CT molecular complexity index is 621. The highest BCUT2D eigenvalue weighted by atomic mass is 16.6. The molecule has 1 aromatic heterocycles. The summed E-state index contributed by atoms with van der Waals surface area (Å²) in [5.74, 6) is 1.48. The summed E-state index contributed by atoms with van der Waals surface area (Å²) < 4.78 is 1.73. The second kappa shape index (κ2) is 5.05. The van der Waals surface area contributed by atoms with Gasteiger partial charge in [0, 0.05) is 13.1 Å². The van der Waals surface area contributed by atoms with Crippen LogP contribution in [-0.2, 0) is 6.54 Å². The molecule has 1 N–H and O–H groups in total. The Hall–Kier alpha value is -2.44. The van der Waals surface area contributed by atoms with E-state index in [0.29, 0.717) is 18.1 Å². The number of aromatic nitrogens is 3. The highest BCUT2D eigenvalue weighted by Gasteiger charge is 2.14. The van der Waals surface area contributed by atoms with Crippen LogP contribution < -0.4 is 5.32 Å². The summed E-state index contributed by atoms with van der Waals surface area (Å²) in [5.41, 5.74) is 1.38. The Balaban J connectivity index is 2.33. The number of nitrogens with one attached hydrogen (secondary N) is 1. The number of nitro groups is 1. The zero-order valence-electron chi connectivity index (χ0n) is 11.0. The third kappa shape index (κ3) is 2.70. The van der Waals surface area contributed by atoms with Crippen LogP contribution in [0.4, 0.5) is 11.4 Å². The summed E-state index contributed by atoms with van der Waals surface area (Å²) in [5, 5.41) is 18.0. The summed E-state index contributed by atoms with van der Waals surface area (Å²) in [6.07, 6.45) is 0. The molecule has 2 aromatic rings. The molecule has 0 bridgehead atoms. The molecule has 100 valence electrons. The number of hydrogen-bond donors (Lipinski definition) is 1. The molecule has 0 unspecified atom stereocenters. The van der Waals surface area contributed by atoms with Gasteiger partial charge in [0.2, 0.25) is 0 Å². The fourth-order valence-electron chi connectivity index (χ4n) is 1.92. The molecule has 0 fully saturated rings. The molecule has 7 nitrogen and oxygen atoms in total. The number of anilines is 1. The van der Waals surface area contributed by atoms with Crippen LogP contribution in [0.1, 0.15) is 17.2 Å². The molecule has 1 heterocycles. The topological polar surface area (TPSA) is 85.9 Å². The van der Waals surface area contributed by atoms with Gasteiger partial charge in [0.15, 0.2) is 0 Å². The van der Waals surface area contributed by atoms with Gasteiger partial charge in [-0.25, -0.2) is 9.67 Å². The van der Waals surface area contributed by atoms with Gasteiger partial charge in [0.1, 0.15) is 17.3 Å². The lowest BCUT2D eigenvalue weighted by Gasteiger charge is -2.06. The Kier molecular flexibility index (Phi) is 3.46. The summed E-state index contributed by atoms with van der Waals surface area (Å²) in [6.45, 7) is 4.14. The Morgan fingerprint density at radius 2 is 2.16 bits per heavy atom. The first kappa shape index (κ1) is 13.0. The van der Waals surface area contributed by atoms with Gasteiger partial charge in [-0.2, -0.15) is 5.10 Å². The number of nitro benzene ring substituents is 1. The van der Waals surface area contributed by atoms with E-state index in [4.69, 9.17) is 0 Å². The van der Waals surface area contributed by atoms with Crippen molar-refractivity contribution in [2.75, 3.05) is 12.4 Å². The van der Waals surface area contributed by atoms with Crippen LogP contribution in [-0.4, -0.2) is 26.7 Å². The van der Waals surface area contributed by atoms with Crippen molar-refractivity contribution >= 4 is 11.4 Å². The van der Waals surface area contributed by atoms with E-state index in [1.165, 1.54) is 0 Å². The normalized spacial score (nSPS) is 10.5. The predicted molar refractivity (Wildman–Crippen MR) is 71.2 cm³/mol. The number of benzene rings is 1. The van der Waals surface area contributed by atoms with Gasteiger partial charge in [0.05, 0.1) is 11.5 Å². The molecule has 0 aliphatic heterocycles. The minimum atomic E-state index is -0.394. The lowest BCUT2D eigenvalue weighted by Crippen LogP contribution is -2.05. The van der Waals surface area contributed by atoms with E-state index in [0.717, 1.165) is 11.4 Å². The van der Waals surface area contributed by atoms with Crippen LogP contribution in [0.2, 0.25) is 0 Å². The van der Waals surface area contributed by atoms with Crippen molar-refractivity contribution in [1.29, 1.82) is 0 Å². The largest absolute Gasteiger partial charge is 0.383 e. The van der Waals surface area contributed by atoms with E-state index in [1.54, 1.807) is 23.9 Å². The number of rotatable bonds is 4. The van der Waals surface area contributed by atoms with Crippen molar-refractivity contribution in [1.82, 2.24) is 14.8 Å². The Morgan fingerprint density at radius 3 is 2.68 bits per heavy atom. The van der Waals surface area contributed by atoms with Crippen molar-refractivity contribution in [2.24, 2.45) is 0 Å². The van der Waals surface area contributed by atoms with E-state index in [2.05, 4.69) is 15.4 Å². The standard InChI is InChI=1S/C12H15N5O2/c1-8-14-9(2)16(15-8)7-10-4-5-11(13-3)12(6-10)17(18)19/h4-6,13H,7H2,1-3H3. The fraction of sp³-hybridized carbons (Fsp3) is 0.333. The maximum absolute atomic E-state index is 11.0. The van der Waals surface area contributed by atoms with Crippen LogP contribution in [0.5, 0.6) is 0 Å². The molecule has 0 atom stereocenters. The van der Waals surface area contributed by atoms with Gasteiger partial charge >= 0.3 is 0 Å². The molecule has 0 saturated heterocycles. The van der Waals surface area contributed by atoms with Crippen molar-refractivity contribution in [3.63, 3.8) is 0 Å². The average molecular weight is 261 g/mol.